The van der Waals surface area contributed by atoms with Crippen molar-refractivity contribution in [2.45, 2.75) is 39.0 Å². The van der Waals surface area contributed by atoms with Crippen LogP contribution in [0.2, 0.25) is 0 Å². The molecule has 7 heteroatoms. The Morgan fingerprint density at radius 1 is 1.00 bits per heavy atom. The van der Waals surface area contributed by atoms with Crippen LogP contribution in [0.25, 0.3) is 0 Å². The van der Waals surface area contributed by atoms with Crippen molar-refractivity contribution >= 4 is 11.6 Å². The fourth-order valence-corrected chi connectivity index (χ4v) is 1.10. The molecule has 11 N–H and O–H groups in total. The number of unbranched alkanes of at least 4 members (excludes halogenated alkanes) is 3. The first kappa shape index (κ1) is 36.0. The molecule has 0 radical (unpaired) electrons. The SMILES string of the molecule is C/C=C(\Cl)CCCCCC[NH3+].[Cl-].[Cl-].[Cl-].[NH4+].[NH4+]. The summed E-state index contributed by atoms with van der Waals surface area (Å²) in [6.07, 6.45) is 8.10. The molecule has 3 nitrogen and oxygen atoms in total. The highest BCUT2D eigenvalue weighted by molar-refractivity contribution is 6.29. The molecule has 0 heterocycles. The third-order valence-electron chi connectivity index (χ3n) is 1.73. The Morgan fingerprint density at radius 3 is 1.81 bits per heavy atom. The topological polar surface area (TPSA) is 101 Å². The van der Waals surface area contributed by atoms with Gasteiger partial charge in [0.05, 0.1) is 6.54 Å². The second-order valence-corrected chi connectivity index (χ2v) is 3.24. The lowest BCUT2D eigenvalue weighted by atomic mass is 10.1. The quantitative estimate of drug-likeness (QED) is 0.406. The molecular weight excluding hydrogens is 292 g/mol. The molecule has 106 valence electrons. The fraction of sp³-hybridized carbons (Fsp3) is 0.778. The van der Waals surface area contributed by atoms with Gasteiger partial charge in [0, 0.05) is 5.03 Å². The number of rotatable bonds is 6. The van der Waals surface area contributed by atoms with Gasteiger partial charge in [0.15, 0.2) is 0 Å². The molecule has 0 amide bonds. The first-order chi connectivity index (χ1) is 5.31. The van der Waals surface area contributed by atoms with Crippen molar-refractivity contribution in [2.75, 3.05) is 6.54 Å². The van der Waals surface area contributed by atoms with Crippen LogP contribution in [0.4, 0.5) is 0 Å². The van der Waals surface area contributed by atoms with Crippen LogP contribution in [0.3, 0.4) is 0 Å². The molecule has 0 aromatic rings. The number of hydrogen-bond acceptors (Lipinski definition) is 0. The van der Waals surface area contributed by atoms with Crippen molar-refractivity contribution in [3.05, 3.63) is 11.1 Å². The third-order valence-corrected chi connectivity index (χ3v) is 2.14. The highest BCUT2D eigenvalue weighted by atomic mass is 35.5. The Bertz CT molecular complexity index is 123. The molecule has 0 unspecified atom stereocenters. The van der Waals surface area contributed by atoms with Gasteiger partial charge >= 0.3 is 0 Å². The molecule has 16 heavy (non-hydrogen) atoms. The van der Waals surface area contributed by atoms with Gasteiger partial charge in [0.1, 0.15) is 0 Å². The molecule has 0 saturated heterocycles. The van der Waals surface area contributed by atoms with Crippen molar-refractivity contribution in [1.29, 1.82) is 0 Å². The van der Waals surface area contributed by atoms with Crippen LogP contribution < -0.4 is 55.3 Å². The minimum absolute atomic E-state index is 0. The molecule has 0 aromatic carbocycles. The van der Waals surface area contributed by atoms with E-state index in [1.807, 2.05) is 13.0 Å². The Labute approximate surface area is 123 Å². The number of allylic oxidation sites excluding steroid dienone is 2. The predicted octanol–water partition coefficient (Wildman–Crippen LogP) is -5.91. The van der Waals surface area contributed by atoms with E-state index < -0.39 is 0 Å². The van der Waals surface area contributed by atoms with Crippen LogP contribution in [-0.2, 0) is 0 Å². The van der Waals surface area contributed by atoms with Crippen molar-refractivity contribution in [2.24, 2.45) is 0 Å². The summed E-state index contributed by atoms with van der Waals surface area (Å²) in [5, 5.41) is 1.000. The molecule has 0 aliphatic heterocycles. The maximum atomic E-state index is 5.83. The van der Waals surface area contributed by atoms with E-state index in [1.54, 1.807) is 0 Å². The molecule has 0 rings (SSSR count). The first-order valence-corrected chi connectivity index (χ1v) is 4.79. The van der Waals surface area contributed by atoms with Gasteiger partial charge in [-0.1, -0.05) is 24.1 Å². The van der Waals surface area contributed by atoms with Gasteiger partial charge in [-0.15, -0.1) is 0 Å². The lowest BCUT2D eigenvalue weighted by Gasteiger charge is -1.97. The van der Waals surface area contributed by atoms with Crippen molar-refractivity contribution in [1.82, 2.24) is 12.3 Å². The predicted molar refractivity (Wildman–Crippen MR) is 62.4 cm³/mol. The van der Waals surface area contributed by atoms with Crippen LogP contribution in [0.5, 0.6) is 0 Å². The lowest BCUT2D eigenvalue weighted by molar-refractivity contribution is -0.368. The Morgan fingerprint density at radius 2 is 1.44 bits per heavy atom. The number of hydrogen-bond donors (Lipinski definition) is 3. The normalized spacial score (nSPS) is 8.31. The van der Waals surface area contributed by atoms with E-state index in [9.17, 15) is 0 Å². The van der Waals surface area contributed by atoms with Crippen LogP contribution >= 0.6 is 11.6 Å². The highest BCUT2D eigenvalue weighted by Gasteiger charge is 1.92. The molecule has 0 aliphatic carbocycles. The second-order valence-electron chi connectivity index (χ2n) is 2.75. The summed E-state index contributed by atoms with van der Waals surface area (Å²) in [6.45, 7) is 3.05. The van der Waals surface area contributed by atoms with Crippen molar-refractivity contribution in [3.63, 3.8) is 0 Å². The van der Waals surface area contributed by atoms with Gasteiger partial charge in [-0.25, -0.2) is 0 Å². The standard InChI is InChI=1S/C9H18ClN.3ClH.2H3N/c1-2-9(10)7-5-3-4-6-8-11;;;;;/h2H,3-8,11H2,1H3;3*1H;2*1H3/b9-2-;;;;;. The molecule has 0 atom stereocenters. The van der Waals surface area contributed by atoms with Gasteiger partial charge in [-0.05, 0) is 32.6 Å². The summed E-state index contributed by atoms with van der Waals surface area (Å²) in [5.74, 6) is 0. The van der Waals surface area contributed by atoms with Crippen LogP contribution in [0.15, 0.2) is 11.1 Å². The zero-order valence-electron chi connectivity index (χ0n) is 10.5. The average molecular weight is 319 g/mol. The highest BCUT2D eigenvalue weighted by Crippen LogP contribution is 2.12. The Hall–Kier alpha value is 0.780. The number of halogens is 4. The van der Waals surface area contributed by atoms with Gasteiger partial charge < -0.3 is 55.3 Å². The summed E-state index contributed by atoms with van der Waals surface area (Å²) in [4.78, 5) is 0. The van der Waals surface area contributed by atoms with E-state index >= 15 is 0 Å². The molecule has 0 aliphatic rings. The summed E-state index contributed by atoms with van der Waals surface area (Å²) in [7, 11) is 0. The summed E-state index contributed by atoms with van der Waals surface area (Å²) in [5.41, 5.74) is 3.80. The summed E-state index contributed by atoms with van der Waals surface area (Å²) in [6, 6.07) is 0. The third kappa shape index (κ3) is 29.3. The van der Waals surface area contributed by atoms with Crippen LogP contribution in [0.1, 0.15) is 39.0 Å². The van der Waals surface area contributed by atoms with Crippen LogP contribution in [-0.4, -0.2) is 6.54 Å². The Balaban J connectivity index is -0.0000000500. The largest absolute Gasteiger partial charge is 1.00 e. The first-order valence-electron chi connectivity index (χ1n) is 4.41. The molecular formula is C9H27Cl4N3. The van der Waals surface area contributed by atoms with Crippen molar-refractivity contribution in [3.8, 4) is 0 Å². The smallest absolute Gasteiger partial charge is 0.0739 e. The molecule has 0 saturated carbocycles. The van der Waals surface area contributed by atoms with Gasteiger partial charge in [0.25, 0.3) is 0 Å². The monoisotopic (exact) mass is 317 g/mol. The maximum absolute atomic E-state index is 5.83. The van der Waals surface area contributed by atoms with E-state index in [0.29, 0.717) is 0 Å². The minimum atomic E-state index is 0. The van der Waals surface area contributed by atoms with Gasteiger partial charge in [-0.3, -0.25) is 0 Å². The minimum Gasteiger partial charge on any atom is -1.00 e. The van der Waals surface area contributed by atoms with E-state index in [-0.39, 0.29) is 49.5 Å². The van der Waals surface area contributed by atoms with E-state index in [4.69, 9.17) is 11.6 Å². The van der Waals surface area contributed by atoms with E-state index in [1.165, 1.54) is 25.7 Å². The molecule has 0 spiro atoms. The average Bonchev–Trinajstić information content (AvgIpc) is 2.04. The lowest BCUT2D eigenvalue weighted by Crippen LogP contribution is -3.00. The van der Waals surface area contributed by atoms with Gasteiger partial charge in [-0.2, -0.15) is 0 Å². The Kier molecular flexibility index (Phi) is 66.7. The number of quaternary nitrogens is 3. The summed E-state index contributed by atoms with van der Waals surface area (Å²) < 4.78 is 0. The van der Waals surface area contributed by atoms with Gasteiger partial charge in [0.2, 0.25) is 0 Å². The molecule has 0 fully saturated rings. The maximum Gasteiger partial charge on any atom is 0.0739 e. The van der Waals surface area contributed by atoms with Crippen LogP contribution in [0, 0.1) is 0 Å². The van der Waals surface area contributed by atoms with Crippen molar-refractivity contribution < 1.29 is 43.0 Å². The zero-order chi connectivity index (χ0) is 8.53. The summed E-state index contributed by atoms with van der Waals surface area (Å²) >= 11 is 5.83. The molecule has 0 bridgehead atoms. The van der Waals surface area contributed by atoms with E-state index in [2.05, 4.69) is 5.73 Å². The fourth-order valence-electron chi connectivity index (χ4n) is 0.969. The zero-order valence-corrected chi connectivity index (χ0v) is 13.6. The van der Waals surface area contributed by atoms with E-state index in [0.717, 1.165) is 18.0 Å². The second kappa shape index (κ2) is 29.7. The molecule has 0 aromatic heterocycles.